The van der Waals surface area contributed by atoms with Crippen LogP contribution in [0.5, 0.6) is 0 Å². The topological polar surface area (TPSA) is 37.4 Å². The SMILES string of the molecule is C=CC1CN(S(=O)(=O)c2ccccc2)CC1C[Si](C)(C)C. The number of hydrogen-bond acceptors (Lipinski definition) is 2. The van der Waals surface area contributed by atoms with Gasteiger partial charge in [-0.1, -0.05) is 50.0 Å². The highest BCUT2D eigenvalue weighted by Gasteiger charge is 2.39. The third-order valence-corrected chi connectivity index (χ3v) is 7.61. The van der Waals surface area contributed by atoms with Gasteiger partial charge in [0.1, 0.15) is 0 Å². The Kier molecular flexibility index (Phi) is 4.75. The first-order chi connectivity index (χ1) is 9.74. The summed E-state index contributed by atoms with van der Waals surface area (Å²) in [5.74, 6) is 0.683. The maximum Gasteiger partial charge on any atom is 0.243 e. The van der Waals surface area contributed by atoms with E-state index < -0.39 is 18.1 Å². The molecule has 1 heterocycles. The Bertz CT molecular complexity index is 592. The summed E-state index contributed by atoms with van der Waals surface area (Å²) < 4.78 is 27.1. The second-order valence-electron chi connectivity index (χ2n) is 7.06. The molecule has 1 saturated heterocycles. The standard InChI is InChI=1S/C16H25NO2SSi/c1-5-14-11-17(12-15(14)13-21(2,3)4)20(18,19)16-9-7-6-8-10-16/h5-10,14-15H,1,11-13H2,2-4H3. The summed E-state index contributed by atoms with van der Waals surface area (Å²) in [6, 6.07) is 9.86. The third kappa shape index (κ3) is 3.84. The smallest absolute Gasteiger partial charge is 0.207 e. The van der Waals surface area contributed by atoms with Crippen LogP contribution in [-0.2, 0) is 10.0 Å². The quantitative estimate of drug-likeness (QED) is 0.615. The van der Waals surface area contributed by atoms with Gasteiger partial charge >= 0.3 is 0 Å². The number of rotatable bonds is 5. The number of hydrogen-bond donors (Lipinski definition) is 0. The summed E-state index contributed by atoms with van der Waals surface area (Å²) in [6.45, 7) is 12.1. The Morgan fingerprint density at radius 1 is 1.24 bits per heavy atom. The van der Waals surface area contributed by atoms with E-state index in [1.165, 1.54) is 0 Å². The van der Waals surface area contributed by atoms with Crippen molar-refractivity contribution in [3.05, 3.63) is 43.0 Å². The molecule has 0 saturated carbocycles. The Morgan fingerprint density at radius 2 is 1.86 bits per heavy atom. The first-order valence-electron chi connectivity index (χ1n) is 7.42. The summed E-state index contributed by atoms with van der Waals surface area (Å²) in [6.07, 6.45) is 1.94. The fourth-order valence-electron chi connectivity index (χ4n) is 3.06. The molecule has 21 heavy (non-hydrogen) atoms. The summed E-state index contributed by atoms with van der Waals surface area (Å²) in [7, 11) is -4.59. The molecule has 3 nitrogen and oxygen atoms in total. The molecule has 2 atom stereocenters. The molecule has 0 spiro atoms. The average molecular weight is 324 g/mol. The van der Waals surface area contributed by atoms with Crippen molar-refractivity contribution in [1.29, 1.82) is 0 Å². The molecule has 0 bridgehead atoms. The van der Waals surface area contributed by atoms with Crippen LogP contribution in [0.25, 0.3) is 0 Å². The molecule has 0 amide bonds. The predicted octanol–water partition coefficient (Wildman–Crippen LogP) is 3.45. The van der Waals surface area contributed by atoms with E-state index in [0.717, 1.165) is 6.04 Å². The molecular formula is C16H25NO2SSi. The molecule has 5 heteroatoms. The minimum atomic E-state index is -3.37. The largest absolute Gasteiger partial charge is 0.243 e. The highest BCUT2D eigenvalue weighted by Crippen LogP contribution is 2.34. The molecule has 1 aliphatic heterocycles. The zero-order valence-electron chi connectivity index (χ0n) is 13.1. The summed E-state index contributed by atoms with van der Waals surface area (Å²) in [4.78, 5) is 0.390. The van der Waals surface area contributed by atoms with Crippen molar-refractivity contribution in [3.63, 3.8) is 0 Å². The molecule has 1 aromatic rings. The van der Waals surface area contributed by atoms with Crippen LogP contribution < -0.4 is 0 Å². The Balaban J connectivity index is 2.21. The third-order valence-electron chi connectivity index (χ3n) is 4.02. The Morgan fingerprint density at radius 3 is 2.38 bits per heavy atom. The van der Waals surface area contributed by atoms with E-state index in [1.807, 2.05) is 12.1 Å². The van der Waals surface area contributed by atoms with Crippen LogP contribution in [-0.4, -0.2) is 33.9 Å². The van der Waals surface area contributed by atoms with E-state index in [0.29, 0.717) is 23.9 Å². The zero-order chi connectivity index (χ0) is 15.7. The molecule has 0 aromatic heterocycles. The molecule has 0 radical (unpaired) electrons. The van der Waals surface area contributed by atoms with Crippen molar-refractivity contribution in [3.8, 4) is 0 Å². The first-order valence-corrected chi connectivity index (χ1v) is 12.6. The second kappa shape index (κ2) is 6.06. The van der Waals surface area contributed by atoms with E-state index in [1.54, 1.807) is 28.6 Å². The second-order valence-corrected chi connectivity index (χ2v) is 14.5. The van der Waals surface area contributed by atoms with Crippen LogP contribution in [0.15, 0.2) is 47.9 Å². The fourth-order valence-corrected chi connectivity index (χ4v) is 6.62. The molecule has 116 valence electrons. The van der Waals surface area contributed by atoms with E-state index >= 15 is 0 Å². The molecule has 2 rings (SSSR count). The lowest BCUT2D eigenvalue weighted by Crippen LogP contribution is -2.30. The van der Waals surface area contributed by atoms with Crippen LogP contribution in [0, 0.1) is 11.8 Å². The van der Waals surface area contributed by atoms with Gasteiger partial charge in [-0.15, -0.1) is 6.58 Å². The minimum Gasteiger partial charge on any atom is -0.207 e. The highest BCUT2D eigenvalue weighted by molar-refractivity contribution is 7.89. The lowest BCUT2D eigenvalue weighted by atomic mass is 9.98. The average Bonchev–Trinajstić information content (AvgIpc) is 2.81. The Labute approximate surface area is 129 Å². The molecule has 1 aliphatic rings. The molecule has 1 aromatic carbocycles. The molecule has 2 unspecified atom stereocenters. The highest BCUT2D eigenvalue weighted by atomic mass is 32.2. The van der Waals surface area contributed by atoms with Gasteiger partial charge in [-0.3, -0.25) is 0 Å². The van der Waals surface area contributed by atoms with Gasteiger partial charge in [-0.25, -0.2) is 8.42 Å². The van der Waals surface area contributed by atoms with Crippen LogP contribution in [0.4, 0.5) is 0 Å². The first kappa shape index (κ1) is 16.5. The van der Waals surface area contributed by atoms with E-state index in [-0.39, 0.29) is 5.92 Å². The van der Waals surface area contributed by atoms with E-state index in [9.17, 15) is 8.42 Å². The summed E-state index contributed by atoms with van der Waals surface area (Å²) in [5, 5.41) is 0. The summed E-state index contributed by atoms with van der Waals surface area (Å²) in [5.41, 5.74) is 0. The number of nitrogens with zero attached hydrogens (tertiary/aromatic N) is 1. The zero-order valence-corrected chi connectivity index (χ0v) is 14.9. The predicted molar refractivity (Wildman–Crippen MR) is 90.5 cm³/mol. The number of sulfonamides is 1. The minimum absolute atomic E-state index is 0.273. The van der Waals surface area contributed by atoms with Crippen molar-refractivity contribution in [1.82, 2.24) is 4.31 Å². The van der Waals surface area contributed by atoms with Crippen molar-refractivity contribution < 1.29 is 8.42 Å². The van der Waals surface area contributed by atoms with Gasteiger partial charge in [0.25, 0.3) is 0 Å². The van der Waals surface area contributed by atoms with Crippen molar-refractivity contribution in [2.45, 2.75) is 30.6 Å². The van der Waals surface area contributed by atoms with Gasteiger partial charge in [0.2, 0.25) is 10.0 Å². The Hall–Kier alpha value is -0.913. The molecule has 1 fully saturated rings. The van der Waals surface area contributed by atoms with Crippen molar-refractivity contribution in [2.24, 2.45) is 11.8 Å². The maximum atomic E-state index is 12.7. The lowest BCUT2D eigenvalue weighted by Gasteiger charge is -2.23. The van der Waals surface area contributed by atoms with Gasteiger partial charge in [0.15, 0.2) is 0 Å². The summed E-state index contributed by atoms with van der Waals surface area (Å²) >= 11 is 0. The van der Waals surface area contributed by atoms with Crippen LogP contribution in [0.2, 0.25) is 25.7 Å². The van der Waals surface area contributed by atoms with Gasteiger partial charge in [-0.05, 0) is 24.0 Å². The normalized spacial score (nSPS) is 24.1. The van der Waals surface area contributed by atoms with Gasteiger partial charge in [-0.2, -0.15) is 4.31 Å². The van der Waals surface area contributed by atoms with Crippen molar-refractivity contribution in [2.75, 3.05) is 13.1 Å². The molecule has 0 aliphatic carbocycles. The number of benzene rings is 1. The van der Waals surface area contributed by atoms with Crippen LogP contribution >= 0.6 is 0 Å². The lowest BCUT2D eigenvalue weighted by molar-refractivity contribution is 0.463. The van der Waals surface area contributed by atoms with E-state index in [4.69, 9.17) is 0 Å². The van der Waals surface area contributed by atoms with Gasteiger partial charge in [0.05, 0.1) is 4.90 Å². The van der Waals surface area contributed by atoms with Gasteiger partial charge < -0.3 is 0 Å². The van der Waals surface area contributed by atoms with E-state index in [2.05, 4.69) is 26.2 Å². The molecule has 0 N–H and O–H groups in total. The fraction of sp³-hybridized carbons (Fsp3) is 0.500. The van der Waals surface area contributed by atoms with Crippen molar-refractivity contribution >= 4 is 18.1 Å². The van der Waals surface area contributed by atoms with Crippen LogP contribution in [0.3, 0.4) is 0 Å². The van der Waals surface area contributed by atoms with Crippen LogP contribution in [0.1, 0.15) is 0 Å². The van der Waals surface area contributed by atoms with Gasteiger partial charge in [0, 0.05) is 21.2 Å². The maximum absolute atomic E-state index is 12.7. The molecular weight excluding hydrogens is 298 g/mol. The monoisotopic (exact) mass is 323 g/mol.